The molecule has 2 atom stereocenters. The molecule has 3 N–H and O–H groups in total. The first-order valence-electron chi connectivity index (χ1n) is 7.61. The summed E-state index contributed by atoms with van der Waals surface area (Å²) in [6.07, 6.45) is -0.716. The highest BCUT2D eigenvalue weighted by Crippen LogP contribution is 2.19. The Kier molecular flexibility index (Phi) is 6.29. The number of hydrogen-bond acceptors (Lipinski definition) is 4. The standard InChI is InChI=1S/C16H23N3O3S/c1-11-3-5-13(6-4-11)23-10-12(2)18-16(21)19-7-8-22-14(9-19)15(17)20/h3-6,12,14H,7-10H2,1-2H3,(H2,17,20)(H,18,21)/t12-,14+/m1/s1. The van der Waals surface area contributed by atoms with E-state index in [9.17, 15) is 9.59 Å². The summed E-state index contributed by atoms with van der Waals surface area (Å²) in [7, 11) is 0. The van der Waals surface area contributed by atoms with Gasteiger partial charge in [-0.1, -0.05) is 17.7 Å². The molecule has 0 bridgehead atoms. The largest absolute Gasteiger partial charge is 0.367 e. The van der Waals surface area contributed by atoms with Gasteiger partial charge >= 0.3 is 6.03 Å². The minimum absolute atomic E-state index is 0.0173. The van der Waals surface area contributed by atoms with Gasteiger partial charge in [0.25, 0.3) is 0 Å². The van der Waals surface area contributed by atoms with Crippen LogP contribution in [0.25, 0.3) is 0 Å². The van der Waals surface area contributed by atoms with Crippen LogP contribution in [-0.4, -0.2) is 54.4 Å². The number of primary amides is 1. The van der Waals surface area contributed by atoms with E-state index in [0.29, 0.717) is 13.2 Å². The summed E-state index contributed by atoms with van der Waals surface area (Å²) in [5, 5.41) is 2.95. The second kappa shape index (κ2) is 8.21. The first-order chi connectivity index (χ1) is 11.0. The first-order valence-corrected chi connectivity index (χ1v) is 8.60. The number of benzene rings is 1. The molecule has 126 valence electrons. The van der Waals surface area contributed by atoms with E-state index in [1.54, 1.807) is 16.7 Å². The molecule has 1 heterocycles. The van der Waals surface area contributed by atoms with E-state index in [1.807, 2.05) is 6.92 Å². The normalized spacial score (nSPS) is 19.2. The van der Waals surface area contributed by atoms with Crippen molar-refractivity contribution in [2.75, 3.05) is 25.4 Å². The quantitative estimate of drug-likeness (QED) is 0.795. The summed E-state index contributed by atoms with van der Waals surface area (Å²) in [4.78, 5) is 26.1. The molecular formula is C16H23N3O3S. The fourth-order valence-corrected chi connectivity index (χ4v) is 3.06. The number of carbonyl (C=O) groups excluding carboxylic acids is 2. The van der Waals surface area contributed by atoms with Crippen LogP contribution in [0.4, 0.5) is 4.79 Å². The van der Waals surface area contributed by atoms with Gasteiger partial charge in [-0.2, -0.15) is 0 Å². The van der Waals surface area contributed by atoms with Crippen LogP contribution in [-0.2, 0) is 9.53 Å². The van der Waals surface area contributed by atoms with Crippen molar-refractivity contribution in [2.24, 2.45) is 5.73 Å². The number of morpholine rings is 1. The molecule has 0 unspecified atom stereocenters. The van der Waals surface area contributed by atoms with E-state index in [1.165, 1.54) is 10.5 Å². The Morgan fingerprint density at radius 3 is 2.78 bits per heavy atom. The lowest BCUT2D eigenvalue weighted by Gasteiger charge is -2.32. The van der Waals surface area contributed by atoms with Crippen molar-refractivity contribution in [2.45, 2.75) is 30.9 Å². The van der Waals surface area contributed by atoms with E-state index < -0.39 is 12.0 Å². The highest BCUT2D eigenvalue weighted by molar-refractivity contribution is 7.99. The van der Waals surface area contributed by atoms with Crippen molar-refractivity contribution < 1.29 is 14.3 Å². The maximum Gasteiger partial charge on any atom is 0.317 e. The van der Waals surface area contributed by atoms with E-state index >= 15 is 0 Å². The average molecular weight is 337 g/mol. The van der Waals surface area contributed by atoms with Gasteiger partial charge < -0.3 is 20.7 Å². The van der Waals surface area contributed by atoms with Gasteiger partial charge in [-0.15, -0.1) is 11.8 Å². The fourth-order valence-electron chi connectivity index (χ4n) is 2.21. The van der Waals surface area contributed by atoms with Crippen molar-refractivity contribution in [3.05, 3.63) is 29.8 Å². The molecule has 1 fully saturated rings. The second-order valence-corrected chi connectivity index (χ2v) is 6.78. The van der Waals surface area contributed by atoms with E-state index in [-0.39, 0.29) is 18.6 Å². The predicted octanol–water partition coefficient (Wildman–Crippen LogP) is 1.37. The molecule has 7 heteroatoms. The lowest BCUT2D eigenvalue weighted by Crippen LogP contribution is -2.54. The van der Waals surface area contributed by atoms with Gasteiger partial charge in [-0.3, -0.25) is 4.79 Å². The summed E-state index contributed by atoms with van der Waals surface area (Å²) >= 11 is 1.70. The van der Waals surface area contributed by atoms with Gasteiger partial charge in [-0.05, 0) is 26.0 Å². The summed E-state index contributed by atoms with van der Waals surface area (Å²) in [5.74, 6) is 0.240. The lowest BCUT2D eigenvalue weighted by molar-refractivity contribution is -0.133. The van der Waals surface area contributed by atoms with Crippen LogP contribution in [0.1, 0.15) is 12.5 Å². The topological polar surface area (TPSA) is 84.7 Å². The molecule has 1 aromatic carbocycles. The second-order valence-electron chi connectivity index (χ2n) is 5.68. The Morgan fingerprint density at radius 2 is 2.13 bits per heavy atom. The third-order valence-electron chi connectivity index (χ3n) is 3.56. The van der Waals surface area contributed by atoms with Gasteiger partial charge in [0, 0.05) is 23.2 Å². The Labute approximate surface area is 140 Å². The Bertz CT molecular complexity index is 550. The molecule has 0 aliphatic carbocycles. The van der Waals surface area contributed by atoms with Crippen LogP contribution in [0.15, 0.2) is 29.2 Å². The van der Waals surface area contributed by atoms with Crippen LogP contribution < -0.4 is 11.1 Å². The third kappa shape index (κ3) is 5.44. The average Bonchev–Trinajstić information content (AvgIpc) is 2.54. The highest BCUT2D eigenvalue weighted by Gasteiger charge is 2.28. The zero-order valence-electron chi connectivity index (χ0n) is 13.5. The molecule has 23 heavy (non-hydrogen) atoms. The molecule has 1 aliphatic heterocycles. The van der Waals surface area contributed by atoms with Crippen LogP contribution in [0.5, 0.6) is 0 Å². The number of hydrogen-bond donors (Lipinski definition) is 2. The molecule has 0 radical (unpaired) electrons. The van der Waals surface area contributed by atoms with Gasteiger partial charge in [-0.25, -0.2) is 4.79 Å². The van der Waals surface area contributed by atoms with Gasteiger partial charge in [0.1, 0.15) is 0 Å². The molecule has 1 aromatic rings. The molecule has 1 saturated heterocycles. The van der Waals surface area contributed by atoms with Crippen LogP contribution in [0.2, 0.25) is 0 Å². The number of nitrogens with one attached hydrogen (secondary N) is 1. The fraction of sp³-hybridized carbons (Fsp3) is 0.500. The summed E-state index contributed by atoms with van der Waals surface area (Å²) in [5.41, 5.74) is 6.46. The number of ether oxygens (including phenoxy) is 1. The van der Waals surface area contributed by atoms with Gasteiger partial charge in [0.15, 0.2) is 6.10 Å². The van der Waals surface area contributed by atoms with Crippen molar-refractivity contribution in [3.63, 3.8) is 0 Å². The molecule has 6 nitrogen and oxygen atoms in total. The van der Waals surface area contributed by atoms with Crippen molar-refractivity contribution >= 4 is 23.7 Å². The third-order valence-corrected chi connectivity index (χ3v) is 4.83. The summed E-state index contributed by atoms with van der Waals surface area (Å²) in [6, 6.07) is 8.13. The Balaban J connectivity index is 1.77. The summed E-state index contributed by atoms with van der Waals surface area (Å²) in [6.45, 7) is 5.02. The SMILES string of the molecule is Cc1ccc(SC[C@@H](C)NC(=O)N2CCO[C@H](C(N)=O)C2)cc1. The van der Waals surface area contributed by atoms with E-state index in [2.05, 4.69) is 36.5 Å². The minimum Gasteiger partial charge on any atom is -0.367 e. The highest BCUT2D eigenvalue weighted by atomic mass is 32.2. The zero-order chi connectivity index (χ0) is 16.8. The molecular weight excluding hydrogens is 314 g/mol. The smallest absolute Gasteiger partial charge is 0.317 e. The minimum atomic E-state index is -0.716. The number of carbonyl (C=O) groups is 2. The molecule has 0 saturated carbocycles. The van der Waals surface area contributed by atoms with E-state index in [4.69, 9.17) is 10.5 Å². The molecule has 0 aromatic heterocycles. The maximum atomic E-state index is 12.2. The Hall–Kier alpha value is -1.73. The zero-order valence-corrected chi connectivity index (χ0v) is 14.3. The number of rotatable bonds is 5. The number of thioether (sulfide) groups is 1. The van der Waals surface area contributed by atoms with Crippen LogP contribution in [0.3, 0.4) is 0 Å². The molecule has 3 amide bonds. The molecule has 1 aliphatic rings. The number of amides is 3. The lowest BCUT2D eigenvalue weighted by atomic mass is 10.2. The van der Waals surface area contributed by atoms with E-state index in [0.717, 1.165) is 5.75 Å². The monoisotopic (exact) mass is 337 g/mol. The molecule has 0 spiro atoms. The maximum absolute atomic E-state index is 12.2. The van der Waals surface area contributed by atoms with Gasteiger partial charge in [0.2, 0.25) is 5.91 Å². The Morgan fingerprint density at radius 1 is 1.43 bits per heavy atom. The number of nitrogens with zero attached hydrogens (tertiary/aromatic N) is 1. The predicted molar refractivity (Wildman–Crippen MR) is 90.4 cm³/mol. The summed E-state index contributed by atoms with van der Waals surface area (Å²) < 4.78 is 5.24. The number of urea groups is 1. The van der Waals surface area contributed by atoms with Crippen molar-refractivity contribution in [3.8, 4) is 0 Å². The van der Waals surface area contributed by atoms with Crippen LogP contribution in [0, 0.1) is 6.92 Å². The van der Waals surface area contributed by atoms with Gasteiger partial charge in [0.05, 0.1) is 13.2 Å². The number of aryl methyl sites for hydroxylation is 1. The van der Waals surface area contributed by atoms with Crippen LogP contribution >= 0.6 is 11.8 Å². The number of nitrogens with two attached hydrogens (primary N) is 1. The molecule has 2 rings (SSSR count). The first kappa shape index (κ1) is 17.6. The van der Waals surface area contributed by atoms with Crippen molar-refractivity contribution in [1.29, 1.82) is 0 Å². The van der Waals surface area contributed by atoms with Crippen molar-refractivity contribution in [1.82, 2.24) is 10.2 Å².